The number of nitrogens with one attached hydrogen (secondary N) is 2. The van der Waals surface area contributed by atoms with Gasteiger partial charge >= 0.3 is 0 Å². The number of anilines is 1. The summed E-state index contributed by atoms with van der Waals surface area (Å²) in [5, 5.41) is 15.9. The monoisotopic (exact) mass is 359 g/mol. The molecule has 0 saturated heterocycles. The van der Waals surface area contributed by atoms with E-state index in [2.05, 4.69) is 23.6 Å². The Hall–Kier alpha value is -1.87. The van der Waals surface area contributed by atoms with Gasteiger partial charge in [0.1, 0.15) is 11.1 Å². The maximum absolute atomic E-state index is 12.2. The standard InChI is InChI=1S/C19H25N3O2S/c1-12-10-14(12)18(24)21-9-8-17(23)22-19-15(11-20)13-6-4-2-3-5-7-16(13)25-19/h12,14H,2-10H2,1H3,(H,21,24)(H,22,23)/t12-,14+/m1/s1. The van der Waals surface area contributed by atoms with Gasteiger partial charge in [-0.1, -0.05) is 19.8 Å². The molecule has 2 atom stereocenters. The number of carbonyl (C=O) groups excluding carboxylic acids is 2. The number of carbonyl (C=O) groups is 2. The van der Waals surface area contributed by atoms with Crippen LogP contribution in [0.5, 0.6) is 0 Å². The third kappa shape index (κ3) is 4.40. The molecular weight excluding hydrogens is 334 g/mol. The van der Waals surface area contributed by atoms with E-state index in [0.29, 0.717) is 23.0 Å². The van der Waals surface area contributed by atoms with Crippen molar-refractivity contribution in [3.63, 3.8) is 0 Å². The highest BCUT2D eigenvalue weighted by Gasteiger charge is 2.38. The van der Waals surface area contributed by atoms with Crippen molar-refractivity contribution < 1.29 is 9.59 Å². The average molecular weight is 359 g/mol. The van der Waals surface area contributed by atoms with Crippen LogP contribution in [0.25, 0.3) is 0 Å². The number of fused-ring (bicyclic) bond motifs is 1. The summed E-state index contributed by atoms with van der Waals surface area (Å²) < 4.78 is 0. The van der Waals surface area contributed by atoms with E-state index < -0.39 is 0 Å². The zero-order valence-electron chi connectivity index (χ0n) is 14.7. The first-order chi connectivity index (χ1) is 12.1. The molecule has 0 spiro atoms. The molecule has 0 radical (unpaired) electrons. The Morgan fingerprint density at radius 2 is 1.96 bits per heavy atom. The molecule has 5 nitrogen and oxygen atoms in total. The number of amides is 2. The quantitative estimate of drug-likeness (QED) is 0.845. The van der Waals surface area contributed by atoms with E-state index in [1.54, 1.807) is 11.3 Å². The van der Waals surface area contributed by atoms with Crippen molar-refractivity contribution in [3.05, 3.63) is 16.0 Å². The van der Waals surface area contributed by atoms with Crippen molar-refractivity contribution in [2.45, 2.75) is 58.3 Å². The van der Waals surface area contributed by atoms with E-state index in [-0.39, 0.29) is 24.2 Å². The van der Waals surface area contributed by atoms with Crippen LogP contribution in [0.15, 0.2) is 0 Å². The zero-order chi connectivity index (χ0) is 17.8. The van der Waals surface area contributed by atoms with E-state index in [0.717, 1.165) is 37.7 Å². The molecule has 1 fully saturated rings. The molecule has 1 saturated carbocycles. The van der Waals surface area contributed by atoms with Gasteiger partial charge in [-0.15, -0.1) is 11.3 Å². The molecule has 25 heavy (non-hydrogen) atoms. The lowest BCUT2D eigenvalue weighted by atomic mass is 9.97. The summed E-state index contributed by atoms with van der Waals surface area (Å²) in [7, 11) is 0. The molecule has 6 heteroatoms. The summed E-state index contributed by atoms with van der Waals surface area (Å²) in [6.45, 7) is 2.41. The SMILES string of the molecule is C[C@@H]1C[C@@H]1C(=O)NCCC(=O)Nc1sc2c(c1C#N)CCCCCC2. The Kier molecular flexibility index (Phi) is 5.74. The summed E-state index contributed by atoms with van der Waals surface area (Å²) in [5.41, 5.74) is 1.78. The van der Waals surface area contributed by atoms with Crippen LogP contribution in [-0.2, 0) is 22.4 Å². The summed E-state index contributed by atoms with van der Waals surface area (Å²) in [6.07, 6.45) is 7.82. The molecule has 134 valence electrons. The lowest BCUT2D eigenvalue weighted by Crippen LogP contribution is -2.29. The minimum Gasteiger partial charge on any atom is -0.355 e. The molecule has 1 aromatic heterocycles. The number of aryl methyl sites for hydroxylation is 1. The van der Waals surface area contributed by atoms with Gasteiger partial charge in [0, 0.05) is 23.8 Å². The van der Waals surface area contributed by atoms with Gasteiger partial charge in [0.05, 0.1) is 5.56 Å². The van der Waals surface area contributed by atoms with Gasteiger partial charge in [-0.3, -0.25) is 9.59 Å². The topological polar surface area (TPSA) is 82.0 Å². The van der Waals surface area contributed by atoms with Gasteiger partial charge in [0.2, 0.25) is 11.8 Å². The lowest BCUT2D eigenvalue weighted by Gasteiger charge is -2.08. The molecule has 1 heterocycles. The normalized spacial score (nSPS) is 22.1. The summed E-state index contributed by atoms with van der Waals surface area (Å²) in [4.78, 5) is 25.2. The van der Waals surface area contributed by atoms with Crippen molar-refractivity contribution in [3.8, 4) is 6.07 Å². The second-order valence-corrected chi connectivity index (χ2v) is 8.25. The van der Waals surface area contributed by atoms with Crippen LogP contribution in [0.2, 0.25) is 0 Å². The molecule has 3 rings (SSSR count). The maximum atomic E-state index is 12.2. The van der Waals surface area contributed by atoms with Crippen molar-refractivity contribution >= 4 is 28.2 Å². The van der Waals surface area contributed by atoms with Gasteiger partial charge in [0.15, 0.2) is 0 Å². The molecule has 2 amide bonds. The second kappa shape index (κ2) is 8.01. The largest absolute Gasteiger partial charge is 0.355 e. The summed E-state index contributed by atoms with van der Waals surface area (Å²) in [5.74, 6) is 0.509. The van der Waals surface area contributed by atoms with E-state index in [9.17, 15) is 14.9 Å². The van der Waals surface area contributed by atoms with Crippen LogP contribution in [0.1, 0.15) is 61.5 Å². The number of rotatable bonds is 5. The first kappa shape index (κ1) is 17.9. The lowest BCUT2D eigenvalue weighted by molar-refractivity contribution is -0.122. The molecule has 2 aliphatic rings. The minimum atomic E-state index is -0.144. The predicted octanol–water partition coefficient (Wildman–Crippen LogP) is 3.38. The second-order valence-electron chi connectivity index (χ2n) is 7.14. The fourth-order valence-electron chi connectivity index (χ4n) is 3.43. The van der Waals surface area contributed by atoms with Crippen molar-refractivity contribution in [1.29, 1.82) is 5.26 Å². The van der Waals surface area contributed by atoms with Crippen LogP contribution in [0.3, 0.4) is 0 Å². The highest BCUT2D eigenvalue weighted by molar-refractivity contribution is 7.16. The molecule has 2 N–H and O–H groups in total. The smallest absolute Gasteiger partial charge is 0.226 e. The highest BCUT2D eigenvalue weighted by Crippen LogP contribution is 2.38. The maximum Gasteiger partial charge on any atom is 0.226 e. The fourth-order valence-corrected chi connectivity index (χ4v) is 4.69. The van der Waals surface area contributed by atoms with Crippen LogP contribution in [0.4, 0.5) is 5.00 Å². The Labute approximate surface area is 152 Å². The number of nitriles is 1. The van der Waals surface area contributed by atoms with Crippen molar-refractivity contribution in [2.24, 2.45) is 11.8 Å². The van der Waals surface area contributed by atoms with Gasteiger partial charge in [-0.05, 0) is 43.6 Å². The van der Waals surface area contributed by atoms with Crippen LogP contribution in [-0.4, -0.2) is 18.4 Å². The van der Waals surface area contributed by atoms with Gasteiger partial charge < -0.3 is 10.6 Å². The highest BCUT2D eigenvalue weighted by atomic mass is 32.1. The van der Waals surface area contributed by atoms with Gasteiger partial charge in [-0.25, -0.2) is 0 Å². The molecular formula is C19H25N3O2S. The minimum absolute atomic E-state index is 0.0529. The van der Waals surface area contributed by atoms with E-state index in [4.69, 9.17) is 0 Å². The number of nitrogens with zero attached hydrogens (tertiary/aromatic N) is 1. The predicted molar refractivity (Wildman–Crippen MR) is 98.4 cm³/mol. The third-order valence-electron chi connectivity index (χ3n) is 5.13. The van der Waals surface area contributed by atoms with E-state index >= 15 is 0 Å². The molecule has 2 aliphatic carbocycles. The van der Waals surface area contributed by atoms with Crippen molar-refractivity contribution in [1.82, 2.24) is 5.32 Å². The molecule has 0 unspecified atom stereocenters. The average Bonchev–Trinajstić information content (AvgIpc) is 3.21. The Morgan fingerprint density at radius 1 is 1.24 bits per heavy atom. The van der Waals surface area contributed by atoms with E-state index in [1.807, 2.05) is 0 Å². The molecule has 1 aromatic rings. The number of thiophene rings is 1. The van der Waals surface area contributed by atoms with Gasteiger partial charge in [0.25, 0.3) is 0 Å². The Balaban J connectivity index is 1.56. The molecule has 0 bridgehead atoms. The first-order valence-corrected chi connectivity index (χ1v) is 10.0. The Bertz CT molecular complexity index is 704. The zero-order valence-corrected chi connectivity index (χ0v) is 15.5. The number of hydrogen-bond acceptors (Lipinski definition) is 4. The van der Waals surface area contributed by atoms with Gasteiger partial charge in [-0.2, -0.15) is 5.26 Å². The number of hydrogen-bond donors (Lipinski definition) is 2. The Morgan fingerprint density at radius 3 is 2.64 bits per heavy atom. The van der Waals surface area contributed by atoms with Crippen LogP contribution < -0.4 is 10.6 Å². The third-order valence-corrected chi connectivity index (χ3v) is 6.34. The van der Waals surface area contributed by atoms with E-state index in [1.165, 1.54) is 17.7 Å². The van der Waals surface area contributed by atoms with Crippen LogP contribution in [0, 0.1) is 23.2 Å². The van der Waals surface area contributed by atoms with Crippen molar-refractivity contribution in [2.75, 3.05) is 11.9 Å². The summed E-state index contributed by atoms with van der Waals surface area (Å²) in [6, 6.07) is 2.29. The molecule has 0 aromatic carbocycles. The first-order valence-electron chi connectivity index (χ1n) is 9.22. The molecule has 0 aliphatic heterocycles. The van der Waals surface area contributed by atoms with Crippen LogP contribution >= 0.6 is 11.3 Å². The summed E-state index contributed by atoms with van der Waals surface area (Å²) >= 11 is 1.55. The fraction of sp³-hybridized carbons (Fsp3) is 0.632.